The van der Waals surface area contributed by atoms with Gasteiger partial charge in [0.15, 0.2) is 5.79 Å². The molecule has 3 amide bonds. The Labute approximate surface area is 154 Å². The summed E-state index contributed by atoms with van der Waals surface area (Å²) >= 11 is 0. The first kappa shape index (κ1) is 20.7. The number of carbonyl (C=O) groups is 2. The molecule has 0 radical (unpaired) electrons. The molecule has 8 nitrogen and oxygen atoms in total. The zero-order valence-electron chi connectivity index (χ0n) is 16.3. The lowest BCUT2D eigenvalue weighted by Crippen LogP contribution is -2.48. The summed E-state index contributed by atoms with van der Waals surface area (Å²) in [5.74, 6) is -1.19. The fourth-order valence-electron chi connectivity index (χ4n) is 3.24. The van der Waals surface area contributed by atoms with Gasteiger partial charge in [-0.05, 0) is 41.0 Å². The summed E-state index contributed by atoms with van der Waals surface area (Å²) in [6.45, 7) is 10.2. The second-order valence-corrected chi connectivity index (χ2v) is 8.09. The Morgan fingerprint density at radius 2 is 1.88 bits per heavy atom. The van der Waals surface area contributed by atoms with Gasteiger partial charge in [-0.15, -0.1) is 0 Å². The second-order valence-electron chi connectivity index (χ2n) is 8.09. The van der Waals surface area contributed by atoms with Gasteiger partial charge in [0.2, 0.25) is 0 Å². The van der Waals surface area contributed by atoms with Crippen LogP contribution in [0.15, 0.2) is 12.3 Å². The molecule has 0 bridgehead atoms. The normalized spacial score (nSPS) is 30.2. The quantitative estimate of drug-likeness (QED) is 0.565. The van der Waals surface area contributed by atoms with E-state index < -0.39 is 17.7 Å². The maximum absolute atomic E-state index is 12.1. The van der Waals surface area contributed by atoms with Crippen LogP contribution in [0.3, 0.4) is 0 Å². The van der Waals surface area contributed by atoms with E-state index in [1.807, 2.05) is 34.6 Å². The average molecular weight is 370 g/mol. The number of imide groups is 1. The third-order valence-corrected chi connectivity index (χ3v) is 4.22. The molecule has 1 aliphatic carbocycles. The van der Waals surface area contributed by atoms with Crippen molar-refractivity contribution in [2.45, 2.75) is 70.7 Å². The molecule has 4 atom stereocenters. The Bertz CT molecular complexity index is 554. The molecule has 0 aromatic carbocycles. The van der Waals surface area contributed by atoms with E-state index in [2.05, 4.69) is 15.4 Å². The molecule has 1 saturated heterocycles. The third kappa shape index (κ3) is 5.69. The van der Waals surface area contributed by atoms with Crippen molar-refractivity contribution in [1.29, 1.82) is 0 Å². The van der Waals surface area contributed by atoms with Gasteiger partial charge in [-0.2, -0.15) is 0 Å². The zero-order valence-corrected chi connectivity index (χ0v) is 16.3. The molecule has 0 aromatic heterocycles. The molecule has 26 heavy (non-hydrogen) atoms. The van der Waals surface area contributed by atoms with E-state index >= 15 is 0 Å². The van der Waals surface area contributed by atoms with Gasteiger partial charge in [0.1, 0.15) is 6.10 Å². The van der Waals surface area contributed by atoms with E-state index in [1.54, 1.807) is 0 Å². The highest BCUT2D eigenvalue weighted by molar-refractivity contribution is 6.00. The number of methoxy groups -OCH3 is 1. The molecule has 2 N–H and O–H groups in total. The van der Waals surface area contributed by atoms with Crippen LogP contribution in [0.5, 0.6) is 0 Å². The Morgan fingerprint density at radius 1 is 1.23 bits per heavy atom. The Morgan fingerprint density at radius 3 is 2.50 bits per heavy atom. The fourth-order valence-corrected chi connectivity index (χ4v) is 3.24. The van der Waals surface area contributed by atoms with Crippen LogP contribution in [0.25, 0.3) is 0 Å². The first-order chi connectivity index (χ1) is 12.0. The Balaban J connectivity index is 1.98. The van der Waals surface area contributed by atoms with Crippen molar-refractivity contribution >= 4 is 11.9 Å². The van der Waals surface area contributed by atoms with Crippen molar-refractivity contribution < 1.29 is 28.5 Å². The number of fused-ring (bicyclic) bond motifs is 1. The summed E-state index contributed by atoms with van der Waals surface area (Å²) in [7, 11) is 1.42. The highest BCUT2D eigenvalue weighted by Crippen LogP contribution is 2.42. The van der Waals surface area contributed by atoms with E-state index in [-0.39, 0.29) is 29.8 Å². The average Bonchev–Trinajstić information content (AvgIpc) is 2.96. The standard InChI is InChI=1S/C18H30N2O6/c1-17(2,3)24-10-11-9-12(15-14(11)25-18(4,5)26-15)19-16(22)20-13(21)7-8-23-6/h7-8,11-12,14-15H,9-10H2,1-6H3,(H2,19,20,21,22)/b8-7+/t11-,12-,14-,15+/m1/s1. The lowest BCUT2D eigenvalue weighted by atomic mass is 10.1. The molecule has 2 fully saturated rings. The molecule has 2 rings (SSSR count). The van der Waals surface area contributed by atoms with Crippen LogP contribution < -0.4 is 10.6 Å². The number of ether oxygens (including phenoxy) is 4. The van der Waals surface area contributed by atoms with Crippen LogP contribution >= 0.6 is 0 Å². The fraction of sp³-hybridized carbons (Fsp3) is 0.778. The largest absolute Gasteiger partial charge is 0.504 e. The van der Waals surface area contributed by atoms with Gasteiger partial charge in [-0.3, -0.25) is 10.1 Å². The predicted octanol–water partition coefficient (Wildman–Crippen LogP) is 1.70. The number of rotatable bonds is 5. The highest BCUT2D eigenvalue weighted by Gasteiger charge is 2.54. The predicted molar refractivity (Wildman–Crippen MR) is 94.2 cm³/mol. The maximum atomic E-state index is 12.1. The molecule has 0 spiro atoms. The first-order valence-electron chi connectivity index (χ1n) is 8.81. The molecule has 2 aliphatic rings. The van der Waals surface area contributed by atoms with Gasteiger partial charge in [-0.1, -0.05) is 0 Å². The van der Waals surface area contributed by atoms with Gasteiger partial charge in [0.05, 0.1) is 37.7 Å². The van der Waals surface area contributed by atoms with Gasteiger partial charge < -0.3 is 24.3 Å². The van der Waals surface area contributed by atoms with Crippen LogP contribution in [-0.4, -0.2) is 55.3 Å². The van der Waals surface area contributed by atoms with Crippen LogP contribution in [0.2, 0.25) is 0 Å². The van der Waals surface area contributed by atoms with Crippen LogP contribution in [0, 0.1) is 5.92 Å². The number of hydrogen-bond acceptors (Lipinski definition) is 6. The molecule has 148 valence electrons. The molecular weight excluding hydrogens is 340 g/mol. The first-order valence-corrected chi connectivity index (χ1v) is 8.81. The zero-order chi connectivity index (χ0) is 19.5. The molecule has 0 aromatic rings. The van der Waals surface area contributed by atoms with E-state index in [1.165, 1.54) is 13.4 Å². The highest BCUT2D eigenvalue weighted by atomic mass is 16.8. The second kappa shape index (κ2) is 7.94. The number of nitrogens with one attached hydrogen (secondary N) is 2. The topological polar surface area (TPSA) is 95.1 Å². The van der Waals surface area contributed by atoms with Crippen molar-refractivity contribution in [3.63, 3.8) is 0 Å². The lowest BCUT2D eigenvalue weighted by molar-refractivity contribution is -0.162. The minimum atomic E-state index is -0.719. The third-order valence-electron chi connectivity index (χ3n) is 4.22. The van der Waals surface area contributed by atoms with E-state index in [4.69, 9.17) is 14.2 Å². The summed E-state index contributed by atoms with van der Waals surface area (Å²) < 4.78 is 22.6. The molecule has 0 unspecified atom stereocenters. The van der Waals surface area contributed by atoms with E-state index in [0.717, 1.165) is 6.08 Å². The minimum absolute atomic E-state index is 0.0930. The summed E-state index contributed by atoms with van der Waals surface area (Å²) in [6, 6.07) is -0.847. The lowest BCUT2D eigenvalue weighted by Gasteiger charge is -2.26. The smallest absolute Gasteiger partial charge is 0.322 e. The van der Waals surface area contributed by atoms with Crippen LogP contribution in [-0.2, 0) is 23.7 Å². The van der Waals surface area contributed by atoms with E-state index in [9.17, 15) is 9.59 Å². The Kier molecular flexibility index (Phi) is 6.31. The van der Waals surface area contributed by atoms with Crippen molar-refractivity contribution in [2.75, 3.05) is 13.7 Å². The SMILES string of the molecule is CO/C=C/C(=O)NC(=O)N[C@@H]1C[C@H](COC(C)(C)C)[C@H]2OC(C)(C)O[C@H]21. The van der Waals surface area contributed by atoms with Crippen molar-refractivity contribution in [2.24, 2.45) is 5.92 Å². The molecule has 8 heteroatoms. The number of urea groups is 1. The number of hydrogen-bond donors (Lipinski definition) is 2. The van der Waals surface area contributed by atoms with Crippen LogP contribution in [0.1, 0.15) is 41.0 Å². The summed E-state index contributed by atoms with van der Waals surface area (Å²) in [5.41, 5.74) is -0.256. The van der Waals surface area contributed by atoms with Gasteiger partial charge in [-0.25, -0.2) is 4.79 Å². The molecule has 1 saturated carbocycles. The summed E-state index contributed by atoms with van der Waals surface area (Å²) in [4.78, 5) is 23.7. The summed E-state index contributed by atoms with van der Waals surface area (Å²) in [6.07, 6.45) is 2.53. The molecule has 1 aliphatic heterocycles. The van der Waals surface area contributed by atoms with Crippen molar-refractivity contribution in [3.05, 3.63) is 12.3 Å². The van der Waals surface area contributed by atoms with Crippen LogP contribution in [0.4, 0.5) is 4.79 Å². The number of amides is 3. The van der Waals surface area contributed by atoms with Crippen molar-refractivity contribution in [1.82, 2.24) is 10.6 Å². The monoisotopic (exact) mass is 370 g/mol. The van der Waals surface area contributed by atoms with E-state index in [0.29, 0.717) is 13.0 Å². The Hall–Kier alpha value is -1.64. The van der Waals surface area contributed by atoms with Gasteiger partial charge >= 0.3 is 6.03 Å². The minimum Gasteiger partial charge on any atom is -0.504 e. The molecule has 1 heterocycles. The number of carbonyl (C=O) groups excluding carboxylic acids is 2. The van der Waals surface area contributed by atoms with Gasteiger partial charge in [0, 0.05) is 12.0 Å². The van der Waals surface area contributed by atoms with Crippen molar-refractivity contribution in [3.8, 4) is 0 Å². The summed E-state index contributed by atoms with van der Waals surface area (Å²) in [5, 5.41) is 5.05. The maximum Gasteiger partial charge on any atom is 0.322 e. The van der Waals surface area contributed by atoms with Gasteiger partial charge in [0.25, 0.3) is 5.91 Å². The molecular formula is C18H30N2O6.